The highest BCUT2D eigenvalue weighted by Gasteiger charge is 2.24. The van der Waals surface area contributed by atoms with Crippen molar-refractivity contribution < 1.29 is 19.8 Å². The van der Waals surface area contributed by atoms with Crippen LogP contribution in [-0.4, -0.2) is 22.0 Å². The second kappa shape index (κ2) is 6.45. The van der Waals surface area contributed by atoms with E-state index in [2.05, 4.69) is 31.9 Å². The van der Waals surface area contributed by atoms with Crippen molar-refractivity contribution >= 4 is 43.6 Å². The Labute approximate surface area is 121 Å². The zero-order valence-corrected chi connectivity index (χ0v) is 12.7. The van der Waals surface area contributed by atoms with Gasteiger partial charge in [-0.1, -0.05) is 50.1 Å². The molecule has 2 unspecified atom stereocenters. The third-order valence-corrected chi connectivity index (χ3v) is 4.24. The number of carboxylic acid groups (broad SMARTS) is 1. The highest BCUT2D eigenvalue weighted by atomic mass is 79.9. The van der Waals surface area contributed by atoms with Crippen molar-refractivity contribution in [2.24, 2.45) is 0 Å². The number of rotatable bonds is 5. The molecule has 0 aliphatic heterocycles. The van der Waals surface area contributed by atoms with E-state index in [1.807, 2.05) is 0 Å². The van der Waals surface area contributed by atoms with E-state index in [9.17, 15) is 14.7 Å². The largest absolute Gasteiger partial charge is 0.479 e. The molecule has 0 aliphatic carbocycles. The first-order valence-corrected chi connectivity index (χ1v) is 7.16. The fourth-order valence-electron chi connectivity index (χ4n) is 1.62. The molecular weight excluding hydrogens is 368 g/mol. The van der Waals surface area contributed by atoms with Crippen LogP contribution < -0.4 is 0 Å². The Morgan fingerprint density at radius 1 is 1.33 bits per heavy atom. The molecule has 0 heterocycles. The standard InChI is InChI=1S/C12H12Br2O4/c1-6(15)10(14)7-3-2-4-8(9(7)5-13)11(16)12(17)18/h2-4,10-11,16H,5H2,1H3,(H,17,18). The number of benzene rings is 1. The number of aliphatic hydroxyl groups is 1. The lowest BCUT2D eigenvalue weighted by Gasteiger charge is -2.17. The number of Topliss-reactive ketones (excluding diaryl/α,β-unsaturated/α-hetero) is 1. The normalized spacial score (nSPS) is 14.0. The number of halogens is 2. The van der Waals surface area contributed by atoms with E-state index >= 15 is 0 Å². The van der Waals surface area contributed by atoms with Gasteiger partial charge in [-0.15, -0.1) is 0 Å². The first-order valence-electron chi connectivity index (χ1n) is 5.13. The number of aliphatic carboxylic acids is 1. The molecule has 0 aliphatic rings. The summed E-state index contributed by atoms with van der Waals surface area (Å²) in [4.78, 5) is 21.7. The Hall–Kier alpha value is -0.720. The van der Waals surface area contributed by atoms with Gasteiger partial charge in [0.2, 0.25) is 0 Å². The molecule has 2 N–H and O–H groups in total. The van der Waals surface area contributed by atoms with Gasteiger partial charge in [-0.05, 0) is 23.6 Å². The van der Waals surface area contributed by atoms with Gasteiger partial charge in [-0.3, -0.25) is 4.79 Å². The monoisotopic (exact) mass is 378 g/mol. The molecule has 1 rings (SSSR count). The minimum atomic E-state index is -1.59. The van der Waals surface area contributed by atoms with E-state index in [1.165, 1.54) is 6.92 Å². The van der Waals surface area contributed by atoms with Crippen molar-refractivity contribution in [3.05, 3.63) is 34.9 Å². The predicted octanol–water partition coefficient (Wildman–Crippen LogP) is 2.72. The molecule has 0 saturated carbocycles. The van der Waals surface area contributed by atoms with Crippen LogP contribution in [0.5, 0.6) is 0 Å². The molecule has 0 aromatic heterocycles. The van der Waals surface area contributed by atoms with E-state index < -0.39 is 16.9 Å². The topological polar surface area (TPSA) is 74.6 Å². The number of ketones is 1. The van der Waals surface area contributed by atoms with Gasteiger partial charge in [-0.2, -0.15) is 0 Å². The van der Waals surface area contributed by atoms with Crippen molar-refractivity contribution in [2.75, 3.05) is 0 Å². The van der Waals surface area contributed by atoms with Crippen molar-refractivity contribution in [3.8, 4) is 0 Å². The Morgan fingerprint density at radius 2 is 1.89 bits per heavy atom. The number of carbonyl (C=O) groups is 2. The number of carbonyl (C=O) groups excluding carboxylic acids is 1. The number of aliphatic hydroxyl groups excluding tert-OH is 1. The second-order valence-electron chi connectivity index (χ2n) is 3.76. The molecule has 0 bridgehead atoms. The van der Waals surface area contributed by atoms with Gasteiger partial charge in [0, 0.05) is 5.33 Å². The molecule has 1 aromatic carbocycles. The summed E-state index contributed by atoms with van der Waals surface area (Å²) in [7, 11) is 0. The molecule has 0 amide bonds. The van der Waals surface area contributed by atoms with Gasteiger partial charge in [-0.25, -0.2) is 4.79 Å². The minimum absolute atomic E-state index is 0.0841. The third kappa shape index (κ3) is 3.18. The number of carboxylic acids is 1. The zero-order chi connectivity index (χ0) is 13.9. The first-order chi connectivity index (χ1) is 8.40. The van der Waals surface area contributed by atoms with Gasteiger partial charge in [0.1, 0.15) is 5.78 Å². The summed E-state index contributed by atoms with van der Waals surface area (Å²) in [5.41, 5.74) is 1.57. The number of hydrogen-bond donors (Lipinski definition) is 2. The van der Waals surface area contributed by atoms with Crippen molar-refractivity contribution in [2.45, 2.75) is 23.2 Å². The van der Waals surface area contributed by atoms with E-state index in [0.717, 1.165) is 0 Å². The van der Waals surface area contributed by atoms with Gasteiger partial charge in [0.25, 0.3) is 0 Å². The molecule has 0 radical (unpaired) electrons. The lowest BCUT2D eigenvalue weighted by molar-refractivity contribution is -0.147. The Kier molecular flexibility index (Phi) is 5.49. The Morgan fingerprint density at radius 3 is 2.33 bits per heavy atom. The van der Waals surface area contributed by atoms with Gasteiger partial charge in [0.05, 0.1) is 4.83 Å². The van der Waals surface area contributed by atoms with Gasteiger partial charge in [0.15, 0.2) is 6.10 Å². The Balaban J connectivity index is 3.34. The van der Waals surface area contributed by atoms with E-state index in [4.69, 9.17) is 5.11 Å². The predicted molar refractivity (Wildman–Crippen MR) is 74.0 cm³/mol. The van der Waals surface area contributed by atoms with Crippen LogP contribution in [0.1, 0.15) is 34.5 Å². The van der Waals surface area contributed by atoms with Gasteiger partial charge >= 0.3 is 5.97 Å². The summed E-state index contributed by atoms with van der Waals surface area (Å²) in [6, 6.07) is 4.90. The molecule has 1 aromatic rings. The molecule has 0 spiro atoms. The summed E-state index contributed by atoms with van der Waals surface area (Å²) >= 11 is 6.52. The summed E-state index contributed by atoms with van der Waals surface area (Å²) in [5, 5.41) is 18.8. The maximum absolute atomic E-state index is 11.4. The van der Waals surface area contributed by atoms with E-state index in [-0.39, 0.29) is 5.78 Å². The SMILES string of the molecule is CC(=O)C(Br)c1cccc(C(O)C(=O)O)c1CBr. The summed E-state index contributed by atoms with van der Waals surface area (Å²) < 4.78 is 0. The van der Waals surface area contributed by atoms with Crippen LogP contribution in [-0.2, 0) is 14.9 Å². The summed E-state index contributed by atoms with van der Waals surface area (Å²) in [6.45, 7) is 1.44. The molecule has 6 heteroatoms. The molecule has 18 heavy (non-hydrogen) atoms. The molecule has 0 saturated heterocycles. The van der Waals surface area contributed by atoms with Crippen LogP contribution in [0, 0.1) is 0 Å². The van der Waals surface area contributed by atoms with Gasteiger partial charge < -0.3 is 10.2 Å². The lowest BCUT2D eigenvalue weighted by atomic mass is 9.95. The van der Waals surface area contributed by atoms with Crippen LogP contribution in [0.25, 0.3) is 0 Å². The fraction of sp³-hybridized carbons (Fsp3) is 0.333. The Bertz CT molecular complexity index is 435. The molecule has 4 nitrogen and oxygen atoms in total. The molecule has 2 atom stereocenters. The van der Waals surface area contributed by atoms with E-state index in [1.54, 1.807) is 18.2 Å². The molecule has 0 fully saturated rings. The van der Waals surface area contributed by atoms with Crippen LogP contribution in [0.2, 0.25) is 0 Å². The quantitative estimate of drug-likeness (QED) is 0.771. The first kappa shape index (κ1) is 15.3. The van der Waals surface area contributed by atoms with Crippen LogP contribution in [0.3, 0.4) is 0 Å². The number of hydrogen-bond acceptors (Lipinski definition) is 3. The smallest absolute Gasteiger partial charge is 0.337 e. The second-order valence-corrected chi connectivity index (χ2v) is 5.24. The number of alkyl halides is 2. The highest BCUT2D eigenvalue weighted by molar-refractivity contribution is 9.09. The maximum Gasteiger partial charge on any atom is 0.337 e. The van der Waals surface area contributed by atoms with E-state index in [0.29, 0.717) is 22.0 Å². The third-order valence-electron chi connectivity index (χ3n) is 2.54. The summed E-state index contributed by atoms with van der Waals surface area (Å²) in [5.74, 6) is -1.40. The van der Waals surface area contributed by atoms with Crippen LogP contribution in [0.15, 0.2) is 18.2 Å². The molecular formula is C12H12Br2O4. The lowest BCUT2D eigenvalue weighted by Crippen LogP contribution is -2.14. The average Bonchev–Trinajstić information content (AvgIpc) is 2.35. The molecule has 98 valence electrons. The fourth-order valence-corrected chi connectivity index (χ4v) is 2.70. The minimum Gasteiger partial charge on any atom is -0.479 e. The maximum atomic E-state index is 11.4. The van der Waals surface area contributed by atoms with Crippen molar-refractivity contribution in [3.63, 3.8) is 0 Å². The van der Waals surface area contributed by atoms with Crippen LogP contribution in [0.4, 0.5) is 0 Å². The van der Waals surface area contributed by atoms with Crippen molar-refractivity contribution in [1.82, 2.24) is 0 Å². The van der Waals surface area contributed by atoms with Crippen LogP contribution >= 0.6 is 31.9 Å². The zero-order valence-electron chi connectivity index (χ0n) is 9.56. The van der Waals surface area contributed by atoms with Crippen molar-refractivity contribution in [1.29, 1.82) is 0 Å². The summed E-state index contributed by atoms with van der Waals surface area (Å²) in [6.07, 6.45) is -1.59. The highest BCUT2D eigenvalue weighted by Crippen LogP contribution is 2.32. The average molecular weight is 380 g/mol.